The molecule has 0 atom stereocenters. The highest BCUT2D eigenvalue weighted by Gasteiger charge is 2.16. The highest BCUT2D eigenvalue weighted by molar-refractivity contribution is 7.14. The molecule has 0 radical (unpaired) electrons. The van der Waals surface area contributed by atoms with Crippen molar-refractivity contribution in [3.05, 3.63) is 59.9 Å². The largest absolute Gasteiger partial charge is 0.460 e. The zero-order valence-corrected chi connectivity index (χ0v) is 15.7. The summed E-state index contributed by atoms with van der Waals surface area (Å²) >= 11 is 1.64. The van der Waals surface area contributed by atoms with Gasteiger partial charge in [0.25, 0.3) is 0 Å². The number of ether oxygens (including phenoxy) is 1. The lowest BCUT2D eigenvalue weighted by Gasteiger charge is -2.17. The second kappa shape index (κ2) is 7.20. The van der Waals surface area contributed by atoms with Gasteiger partial charge in [0.2, 0.25) is 5.76 Å². The molecule has 0 aliphatic carbocycles. The molecule has 0 fully saturated rings. The molecule has 0 saturated carbocycles. The van der Waals surface area contributed by atoms with E-state index in [0.29, 0.717) is 12.4 Å². The van der Waals surface area contributed by atoms with Crippen molar-refractivity contribution in [2.45, 2.75) is 6.92 Å². The third kappa shape index (κ3) is 3.29. The molecule has 0 unspecified atom stereocenters. The van der Waals surface area contributed by atoms with Gasteiger partial charge in [-0.3, -0.25) is 0 Å². The molecule has 0 aliphatic heterocycles. The number of fused-ring (bicyclic) bond motifs is 1. The van der Waals surface area contributed by atoms with Gasteiger partial charge in [0.05, 0.1) is 17.1 Å². The Morgan fingerprint density at radius 1 is 1.22 bits per heavy atom. The van der Waals surface area contributed by atoms with E-state index < -0.39 is 5.97 Å². The fourth-order valence-electron chi connectivity index (χ4n) is 2.83. The zero-order chi connectivity index (χ0) is 18.8. The van der Waals surface area contributed by atoms with E-state index in [1.54, 1.807) is 36.7 Å². The molecule has 3 aromatic heterocycles. The Balaban J connectivity index is 1.76. The number of nitrogens with zero attached hydrogens (tertiary/aromatic N) is 3. The average Bonchev–Trinajstić information content (AvgIpc) is 3.39. The van der Waals surface area contributed by atoms with Gasteiger partial charge in [-0.2, -0.15) is 0 Å². The van der Waals surface area contributed by atoms with Gasteiger partial charge in [-0.1, -0.05) is 0 Å². The Morgan fingerprint density at radius 2 is 2.11 bits per heavy atom. The standard InChI is InChI=1S/C20H17N3O3S/c1-3-25-20(24)17-9-8-16(26-17)13-6-7-15-14(11-13)19(22-12-21-15)23(2)18-5-4-10-27-18/h4-12H,3H2,1-2H3. The van der Waals surface area contributed by atoms with Gasteiger partial charge in [-0.25, -0.2) is 14.8 Å². The molecule has 7 heteroatoms. The Morgan fingerprint density at radius 3 is 2.89 bits per heavy atom. The molecule has 0 N–H and O–H groups in total. The van der Waals surface area contributed by atoms with Gasteiger partial charge in [-0.05, 0) is 54.8 Å². The summed E-state index contributed by atoms with van der Waals surface area (Å²) in [4.78, 5) is 22.7. The highest BCUT2D eigenvalue weighted by Crippen LogP contribution is 2.33. The summed E-state index contributed by atoms with van der Waals surface area (Å²) in [6.07, 6.45) is 1.56. The minimum atomic E-state index is -0.467. The van der Waals surface area contributed by atoms with E-state index >= 15 is 0 Å². The first-order chi connectivity index (χ1) is 13.2. The molecule has 1 aromatic carbocycles. The number of carbonyl (C=O) groups is 1. The van der Waals surface area contributed by atoms with Crippen LogP contribution in [0, 0.1) is 0 Å². The maximum absolute atomic E-state index is 11.8. The van der Waals surface area contributed by atoms with E-state index in [0.717, 1.165) is 27.3 Å². The van der Waals surface area contributed by atoms with E-state index in [1.807, 2.05) is 47.7 Å². The lowest BCUT2D eigenvalue weighted by atomic mass is 10.1. The number of anilines is 2. The van der Waals surface area contributed by atoms with Crippen molar-refractivity contribution >= 4 is 39.0 Å². The summed E-state index contributed by atoms with van der Waals surface area (Å²) in [5, 5.41) is 4.02. The first-order valence-corrected chi connectivity index (χ1v) is 9.34. The molecule has 0 bridgehead atoms. The second-order valence-corrected chi connectivity index (χ2v) is 6.75. The minimum absolute atomic E-state index is 0.187. The van der Waals surface area contributed by atoms with Crippen LogP contribution in [0.1, 0.15) is 17.5 Å². The first kappa shape index (κ1) is 17.2. The summed E-state index contributed by atoms with van der Waals surface area (Å²) in [5.74, 6) is 1.12. The maximum atomic E-state index is 11.8. The SMILES string of the molecule is CCOC(=O)c1ccc(-c2ccc3ncnc(N(C)c4cccs4)c3c2)o1. The van der Waals surface area contributed by atoms with Crippen LogP contribution >= 0.6 is 11.3 Å². The zero-order valence-electron chi connectivity index (χ0n) is 14.9. The molecule has 0 amide bonds. The number of aromatic nitrogens is 2. The fourth-order valence-corrected chi connectivity index (χ4v) is 3.53. The van der Waals surface area contributed by atoms with Crippen molar-refractivity contribution in [2.24, 2.45) is 0 Å². The first-order valence-electron chi connectivity index (χ1n) is 8.46. The Kier molecular flexibility index (Phi) is 4.60. The van der Waals surface area contributed by atoms with Crippen molar-refractivity contribution in [3.63, 3.8) is 0 Å². The highest BCUT2D eigenvalue weighted by atomic mass is 32.1. The second-order valence-electron chi connectivity index (χ2n) is 5.82. The summed E-state index contributed by atoms with van der Waals surface area (Å²) in [6.45, 7) is 2.07. The molecule has 3 heterocycles. The van der Waals surface area contributed by atoms with Crippen LogP contribution in [0.2, 0.25) is 0 Å². The predicted molar refractivity (Wildman–Crippen MR) is 106 cm³/mol. The Hall–Kier alpha value is -3.19. The molecule has 0 spiro atoms. The lowest BCUT2D eigenvalue weighted by Crippen LogP contribution is -2.10. The Bertz CT molecular complexity index is 1090. The Labute approximate surface area is 160 Å². The number of esters is 1. The van der Waals surface area contributed by atoms with Crippen LogP contribution in [0.4, 0.5) is 10.8 Å². The van der Waals surface area contributed by atoms with Crippen LogP contribution in [0.25, 0.3) is 22.2 Å². The molecule has 4 aromatic rings. The molecule has 6 nitrogen and oxygen atoms in total. The normalized spacial score (nSPS) is 10.9. The van der Waals surface area contributed by atoms with Crippen LogP contribution in [-0.2, 0) is 4.74 Å². The van der Waals surface area contributed by atoms with Gasteiger partial charge in [0.15, 0.2) is 0 Å². The smallest absolute Gasteiger partial charge is 0.374 e. The van der Waals surface area contributed by atoms with Gasteiger partial charge >= 0.3 is 5.97 Å². The third-order valence-electron chi connectivity index (χ3n) is 4.14. The molecule has 4 rings (SSSR count). The van der Waals surface area contributed by atoms with Crippen LogP contribution in [0.3, 0.4) is 0 Å². The summed E-state index contributed by atoms with van der Waals surface area (Å²) < 4.78 is 10.7. The maximum Gasteiger partial charge on any atom is 0.374 e. The number of furan rings is 1. The van der Waals surface area contributed by atoms with E-state index in [-0.39, 0.29) is 5.76 Å². The van der Waals surface area contributed by atoms with E-state index in [9.17, 15) is 4.79 Å². The average molecular weight is 379 g/mol. The number of rotatable bonds is 5. The molecular weight excluding hydrogens is 362 g/mol. The van der Waals surface area contributed by atoms with Gasteiger partial charge in [-0.15, -0.1) is 11.3 Å². The van der Waals surface area contributed by atoms with Crippen molar-refractivity contribution < 1.29 is 13.9 Å². The number of benzene rings is 1. The summed E-state index contributed by atoms with van der Waals surface area (Å²) in [6, 6.07) is 13.2. The summed E-state index contributed by atoms with van der Waals surface area (Å²) in [7, 11) is 1.98. The van der Waals surface area contributed by atoms with Crippen molar-refractivity contribution in [3.8, 4) is 11.3 Å². The summed E-state index contributed by atoms with van der Waals surface area (Å²) in [5.41, 5.74) is 1.68. The lowest BCUT2D eigenvalue weighted by molar-refractivity contribution is 0.0491. The van der Waals surface area contributed by atoms with Crippen LogP contribution in [-0.4, -0.2) is 29.6 Å². The molecule has 0 aliphatic rings. The van der Waals surface area contributed by atoms with Crippen LogP contribution in [0.15, 0.2) is 58.6 Å². The van der Waals surface area contributed by atoms with Gasteiger partial charge < -0.3 is 14.1 Å². The number of carbonyl (C=O) groups excluding carboxylic acids is 1. The number of thiophene rings is 1. The fraction of sp³-hybridized carbons (Fsp3) is 0.150. The monoisotopic (exact) mass is 379 g/mol. The molecule has 27 heavy (non-hydrogen) atoms. The van der Waals surface area contributed by atoms with Crippen molar-refractivity contribution in [2.75, 3.05) is 18.6 Å². The van der Waals surface area contributed by atoms with Crippen LogP contribution in [0.5, 0.6) is 0 Å². The van der Waals surface area contributed by atoms with Crippen molar-refractivity contribution in [1.29, 1.82) is 0 Å². The van der Waals surface area contributed by atoms with Gasteiger partial charge in [0.1, 0.15) is 17.9 Å². The van der Waals surface area contributed by atoms with E-state index in [2.05, 4.69) is 9.97 Å². The number of hydrogen-bond acceptors (Lipinski definition) is 7. The molecule has 0 saturated heterocycles. The minimum Gasteiger partial charge on any atom is -0.460 e. The third-order valence-corrected chi connectivity index (χ3v) is 5.08. The number of hydrogen-bond donors (Lipinski definition) is 0. The van der Waals surface area contributed by atoms with E-state index in [4.69, 9.17) is 9.15 Å². The predicted octanol–water partition coefficient (Wildman–Crippen LogP) is 4.90. The topological polar surface area (TPSA) is 68.5 Å². The molecular formula is C20H17N3O3S. The van der Waals surface area contributed by atoms with Gasteiger partial charge in [0, 0.05) is 18.0 Å². The molecule has 136 valence electrons. The van der Waals surface area contributed by atoms with Crippen molar-refractivity contribution in [1.82, 2.24) is 9.97 Å². The van der Waals surface area contributed by atoms with E-state index in [1.165, 1.54) is 0 Å². The quantitative estimate of drug-likeness (QED) is 0.460. The van der Waals surface area contributed by atoms with Crippen LogP contribution < -0.4 is 4.90 Å².